The maximum atomic E-state index is 2.61. The van der Waals surface area contributed by atoms with Gasteiger partial charge in [0, 0.05) is 43.9 Å². The first kappa shape index (κ1) is 55.6. The fraction of sp³-hybridized carbons (Fsp3) is 0.165. The van der Waals surface area contributed by atoms with Crippen LogP contribution in [0.1, 0.15) is 125 Å². The summed E-state index contributed by atoms with van der Waals surface area (Å²) in [5, 5.41) is 4.91. The highest BCUT2D eigenvalue weighted by Gasteiger charge is 2.53. The Balaban J connectivity index is 0.885. The van der Waals surface area contributed by atoms with Crippen LogP contribution < -0.4 is 4.90 Å². The summed E-state index contributed by atoms with van der Waals surface area (Å²) in [5.74, 6) is 0. The van der Waals surface area contributed by atoms with Crippen molar-refractivity contribution in [3.8, 4) is 72.4 Å². The van der Waals surface area contributed by atoms with E-state index in [0.717, 1.165) is 17.1 Å². The maximum absolute atomic E-state index is 2.61. The zero-order valence-corrected chi connectivity index (χ0v) is 54.8. The van der Waals surface area contributed by atoms with Gasteiger partial charge in [-0.15, -0.1) is 0 Å². The zero-order valence-electron chi connectivity index (χ0n) is 54.8. The second-order valence-corrected chi connectivity index (χ2v) is 30.0. The first-order valence-electron chi connectivity index (χ1n) is 33.4. The molecule has 1 spiro atoms. The molecule has 0 saturated heterocycles. The van der Waals surface area contributed by atoms with Gasteiger partial charge in [-0.05, 0) is 194 Å². The van der Waals surface area contributed by atoms with Crippen LogP contribution >= 0.6 is 0 Å². The van der Waals surface area contributed by atoms with Gasteiger partial charge in [0.05, 0.1) is 27.8 Å². The van der Waals surface area contributed by atoms with Crippen LogP contribution in [0.15, 0.2) is 267 Å². The largest absolute Gasteiger partial charge is 0.310 e. The monoisotopic (exact) mass is 1190 g/mol. The Labute approximate surface area is 547 Å². The summed E-state index contributed by atoms with van der Waals surface area (Å²) in [6.45, 7) is 23.8. The van der Waals surface area contributed by atoms with Crippen LogP contribution in [0, 0.1) is 0 Å². The molecule has 2 heteroatoms. The number of benzene rings is 13. The van der Waals surface area contributed by atoms with Gasteiger partial charge in [-0.2, -0.15) is 0 Å². The number of nitrogens with zero attached hydrogens (tertiary/aromatic N) is 2. The average Bonchev–Trinajstić information content (AvgIpc) is 1.50. The SMILES string of the molecule is CC(C)(C)c1ccc2c(c1)C1(c3cc(C(C)(C)C)ccc3-2)c2cc(-c3ccc(N(c4ccc5c(c4)C(C)(C)c4ccccc4-5)c4ccc5c(c4)C(C)(C)c4ccccc4-5)c4ccccc34)ccc2-c2c(-n3c4ccccc4c4cc(-c5ccccc5)ccc43)cccc21. The van der Waals surface area contributed by atoms with Crippen molar-refractivity contribution in [2.45, 2.75) is 96.3 Å². The number of fused-ring (bicyclic) bond motifs is 20. The summed E-state index contributed by atoms with van der Waals surface area (Å²) < 4.78 is 2.57. The van der Waals surface area contributed by atoms with Crippen LogP contribution in [0.5, 0.6) is 0 Å². The third-order valence-corrected chi connectivity index (χ3v) is 22.1. The maximum Gasteiger partial charge on any atom is 0.0726 e. The molecule has 2 nitrogen and oxygen atoms in total. The Hall–Kier alpha value is -10.3. The van der Waals surface area contributed by atoms with Crippen molar-refractivity contribution in [1.82, 2.24) is 4.57 Å². The summed E-state index contributed by atoms with van der Waals surface area (Å²) in [7, 11) is 0. The topological polar surface area (TPSA) is 8.17 Å². The van der Waals surface area contributed by atoms with Crippen molar-refractivity contribution in [3.05, 3.63) is 323 Å². The summed E-state index contributed by atoms with van der Waals surface area (Å²) in [6.07, 6.45) is 0. The number of para-hydroxylation sites is 1. The third-order valence-electron chi connectivity index (χ3n) is 22.1. The Morgan fingerprint density at radius 3 is 1.39 bits per heavy atom. The highest BCUT2D eigenvalue weighted by molar-refractivity contribution is 6.12. The quantitative estimate of drug-likeness (QED) is 0.161. The van der Waals surface area contributed by atoms with E-state index in [1.165, 1.54) is 161 Å². The smallest absolute Gasteiger partial charge is 0.0726 e. The molecule has 0 bridgehead atoms. The van der Waals surface area contributed by atoms with Crippen LogP contribution in [-0.2, 0) is 27.1 Å². The molecule has 1 heterocycles. The average molecular weight is 1200 g/mol. The predicted molar refractivity (Wildman–Crippen MR) is 393 cm³/mol. The van der Waals surface area contributed by atoms with Gasteiger partial charge < -0.3 is 9.47 Å². The van der Waals surface area contributed by atoms with Gasteiger partial charge in [-0.1, -0.05) is 275 Å². The lowest BCUT2D eigenvalue weighted by molar-refractivity contribution is 0.586. The molecule has 0 fully saturated rings. The van der Waals surface area contributed by atoms with E-state index in [1.54, 1.807) is 0 Å². The number of hydrogen-bond acceptors (Lipinski definition) is 1. The molecule has 0 unspecified atom stereocenters. The molecular weight excluding hydrogens is 1120 g/mol. The second-order valence-electron chi connectivity index (χ2n) is 30.0. The van der Waals surface area contributed by atoms with Gasteiger partial charge in [0.15, 0.2) is 0 Å². The molecule has 1 aromatic heterocycles. The molecule has 448 valence electrons. The van der Waals surface area contributed by atoms with Crippen LogP contribution in [0.3, 0.4) is 0 Å². The van der Waals surface area contributed by atoms with Crippen molar-refractivity contribution in [1.29, 1.82) is 0 Å². The van der Waals surface area contributed by atoms with Crippen LogP contribution in [0.4, 0.5) is 17.1 Å². The fourth-order valence-corrected chi connectivity index (χ4v) is 17.4. The van der Waals surface area contributed by atoms with Crippen molar-refractivity contribution >= 4 is 49.6 Å². The van der Waals surface area contributed by atoms with Crippen molar-refractivity contribution in [2.24, 2.45) is 0 Å². The molecule has 0 aliphatic heterocycles. The van der Waals surface area contributed by atoms with E-state index in [1.807, 2.05) is 0 Å². The normalized spacial score (nSPS) is 14.8. The fourth-order valence-electron chi connectivity index (χ4n) is 17.4. The first-order valence-corrected chi connectivity index (χ1v) is 33.4. The standard InChI is InChI=1S/C91H74N2/c1-87(2,3)58-37-42-68-69-43-38-59(88(4,5)6)52-81(69)91(80(68)51-58)76-32-22-34-85(93-82-33-21-18-29-71(82)73-49-56(36-47-84(73)93)55-23-12-11-13-24-55)86(76)72-41-35-57(50-79(72)91)62-46-48-83(70-28-15-14-25-63(62)70)92(60-39-44-66-64-26-16-19-30-74(64)89(7,8)77(66)53-60)61-40-45-67-65-27-17-20-31-75(65)90(9,10)78(67)54-61/h11-54H,1-10H3. The zero-order chi connectivity index (χ0) is 63.2. The Morgan fingerprint density at radius 1 is 0.290 bits per heavy atom. The minimum atomic E-state index is -0.655. The van der Waals surface area contributed by atoms with Crippen LogP contribution in [0.25, 0.3) is 105 Å². The lowest BCUT2D eigenvalue weighted by atomic mass is 9.68. The molecule has 13 aromatic carbocycles. The van der Waals surface area contributed by atoms with Gasteiger partial charge >= 0.3 is 0 Å². The molecule has 14 aromatic rings. The second kappa shape index (κ2) is 19.4. The van der Waals surface area contributed by atoms with Gasteiger partial charge in [0.2, 0.25) is 0 Å². The van der Waals surface area contributed by atoms with E-state index in [4.69, 9.17) is 0 Å². The summed E-state index contributed by atoms with van der Waals surface area (Å²) >= 11 is 0. The number of aromatic nitrogens is 1. The van der Waals surface area contributed by atoms with E-state index < -0.39 is 5.41 Å². The van der Waals surface area contributed by atoms with E-state index in [2.05, 4.69) is 346 Å². The summed E-state index contributed by atoms with van der Waals surface area (Å²) in [5.41, 5.74) is 34.7. The molecule has 0 amide bonds. The van der Waals surface area contributed by atoms with Gasteiger partial charge in [-0.25, -0.2) is 0 Å². The van der Waals surface area contributed by atoms with E-state index >= 15 is 0 Å². The Bertz CT molecular complexity index is 5360. The molecule has 0 radical (unpaired) electrons. The highest BCUT2D eigenvalue weighted by Crippen LogP contribution is 2.66. The lowest BCUT2D eigenvalue weighted by Crippen LogP contribution is -2.27. The van der Waals surface area contributed by atoms with E-state index in [-0.39, 0.29) is 21.7 Å². The molecular formula is C91H74N2. The lowest BCUT2D eigenvalue weighted by Gasteiger charge is -2.33. The first-order chi connectivity index (χ1) is 44.9. The molecule has 0 saturated carbocycles. The Morgan fingerprint density at radius 2 is 0.763 bits per heavy atom. The highest BCUT2D eigenvalue weighted by atomic mass is 15.1. The molecule has 4 aliphatic carbocycles. The Kier molecular flexibility index (Phi) is 11.6. The van der Waals surface area contributed by atoms with Crippen LogP contribution in [-0.4, -0.2) is 4.57 Å². The summed E-state index contributed by atoms with van der Waals surface area (Å²) in [4.78, 5) is 2.56. The number of rotatable bonds is 6. The number of anilines is 3. The van der Waals surface area contributed by atoms with Crippen molar-refractivity contribution < 1.29 is 0 Å². The van der Waals surface area contributed by atoms with Gasteiger partial charge in [-0.3, -0.25) is 0 Å². The van der Waals surface area contributed by atoms with Crippen molar-refractivity contribution in [2.75, 3.05) is 4.90 Å². The third kappa shape index (κ3) is 7.76. The minimum Gasteiger partial charge on any atom is -0.310 e. The van der Waals surface area contributed by atoms with E-state index in [0.29, 0.717) is 0 Å². The minimum absolute atomic E-state index is 0.0896. The van der Waals surface area contributed by atoms with Gasteiger partial charge in [0.25, 0.3) is 0 Å². The molecule has 93 heavy (non-hydrogen) atoms. The predicted octanol–water partition coefficient (Wildman–Crippen LogP) is 24.3. The van der Waals surface area contributed by atoms with Crippen LogP contribution in [0.2, 0.25) is 0 Å². The van der Waals surface area contributed by atoms with Gasteiger partial charge in [0.1, 0.15) is 0 Å². The molecule has 0 atom stereocenters. The molecule has 4 aliphatic rings. The molecule has 18 rings (SSSR count). The van der Waals surface area contributed by atoms with Crippen molar-refractivity contribution in [3.63, 3.8) is 0 Å². The van der Waals surface area contributed by atoms with E-state index in [9.17, 15) is 0 Å². The number of hydrogen-bond donors (Lipinski definition) is 0. The molecule has 0 N–H and O–H groups in total. The summed E-state index contributed by atoms with van der Waals surface area (Å²) in [6, 6.07) is 103.